The van der Waals surface area contributed by atoms with Gasteiger partial charge in [0, 0.05) is 84.8 Å². The third kappa shape index (κ3) is 10.1. The molecular weight excluding hydrogens is 944 g/mol. The standard InChI is InChI=1S/C54H68F3N9O7/c1-31(71-4)42-36(11-7-19-58-42)46-38-25-52(2,3)30-73-51(70)39-12-8-20-66(62-39)49(68)40(24-35-26-72-48(59-35)34-15-16-41(37(38)23-34)65(46)29-54(55,56)57)60-47(67)45(33-9-5-6-10-33)63-21-17-53(27-63)18-22-64(28-53)50(69)44-43(61-44)32-13-14-32/h7,11,15-16,19,23,26,31-33,39-40,43-45,61-62H,5-6,8-10,12-14,17-18,20-22,24-25,27-30H2,1-4H3,(H,60,67)/t31-,39-,40-,43+,44+,45-,53-/m0/s1. The van der Waals surface area contributed by atoms with Crippen LogP contribution in [0.5, 0.6) is 0 Å². The number of alkyl halides is 3. The van der Waals surface area contributed by atoms with Gasteiger partial charge in [0.15, 0.2) is 0 Å². The molecule has 0 radical (unpaired) electrons. The Morgan fingerprint density at radius 2 is 1.81 bits per heavy atom. The second kappa shape index (κ2) is 19.4. The molecule has 3 aromatic heterocycles. The molecular formula is C54H68F3N9O7. The van der Waals surface area contributed by atoms with E-state index in [-0.39, 0.29) is 61.1 Å². The highest BCUT2D eigenvalue weighted by Gasteiger charge is 2.55. The molecule has 392 valence electrons. The largest absolute Gasteiger partial charge is 0.464 e. The average Bonchev–Trinajstić information content (AvgIpc) is 4.04. The number of carbonyl (C=O) groups excluding carboxylic acids is 4. The van der Waals surface area contributed by atoms with Crippen LogP contribution >= 0.6 is 0 Å². The van der Waals surface area contributed by atoms with E-state index in [1.54, 1.807) is 43.5 Å². The van der Waals surface area contributed by atoms with E-state index in [0.717, 1.165) is 45.1 Å². The summed E-state index contributed by atoms with van der Waals surface area (Å²) >= 11 is 0. The zero-order valence-corrected chi connectivity index (χ0v) is 42.3. The molecule has 16 nitrogen and oxygen atoms in total. The number of likely N-dealkylation sites (tertiary alicyclic amines) is 2. The van der Waals surface area contributed by atoms with Gasteiger partial charge in [-0.15, -0.1) is 0 Å². The third-order valence-corrected chi connectivity index (χ3v) is 16.9. The van der Waals surface area contributed by atoms with Crippen molar-refractivity contribution in [2.45, 2.75) is 147 Å². The van der Waals surface area contributed by atoms with Crippen molar-refractivity contribution in [3.8, 4) is 22.7 Å². The van der Waals surface area contributed by atoms with Crippen molar-refractivity contribution >= 4 is 34.6 Å². The van der Waals surface area contributed by atoms with E-state index in [2.05, 4.69) is 25.9 Å². The minimum Gasteiger partial charge on any atom is -0.464 e. The Labute approximate surface area is 423 Å². The Kier molecular flexibility index (Phi) is 13.2. The van der Waals surface area contributed by atoms with Crippen LogP contribution in [0.2, 0.25) is 0 Å². The average molecular weight is 1010 g/mol. The molecule has 4 saturated heterocycles. The fourth-order valence-electron chi connectivity index (χ4n) is 12.9. The molecule has 6 fully saturated rings. The fraction of sp³-hybridized carbons (Fsp3) is 0.630. The number of hydrazine groups is 1. The van der Waals surface area contributed by atoms with Crippen molar-refractivity contribution in [2.75, 3.05) is 46.4 Å². The van der Waals surface area contributed by atoms with Gasteiger partial charge in [-0.3, -0.25) is 39.4 Å². The molecule has 2 saturated carbocycles. The molecule has 11 rings (SSSR count). The molecule has 7 atom stereocenters. The first kappa shape index (κ1) is 49.8. The number of hydrogen-bond acceptors (Lipinski definition) is 12. The number of oxazole rings is 1. The molecule has 7 aliphatic rings. The number of halogens is 3. The van der Waals surface area contributed by atoms with Crippen LogP contribution in [0.3, 0.4) is 0 Å². The molecule has 0 unspecified atom stereocenters. The Hall–Kier alpha value is -5.37. The molecule has 3 N–H and O–H groups in total. The van der Waals surface area contributed by atoms with E-state index in [1.165, 1.54) is 35.8 Å². The first-order chi connectivity index (χ1) is 35.0. The topological polar surface area (TPSA) is 186 Å². The van der Waals surface area contributed by atoms with Gasteiger partial charge >= 0.3 is 12.1 Å². The van der Waals surface area contributed by atoms with Crippen LogP contribution in [0, 0.1) is 22.7 Å². The molecule has 19 heteroatoms. The minimum absolute atomic E-state index is 0.0356. The zero-order valence-electron chi connectivity index (χ0n) is 42.3. The summed E-state index contributed by atoms with van der Waals surface area (Å²) in [5, 5.41) is 8.58. The zero-order chi connectivity index (χ0) is 51.0. The number of methoxy groups -OCH3 is 1. The van der Waals surface area contributed by atoms with Crippen LogP contribution in [0.4, 0.5) is 13.2 Å². The number of benzene rings is 1. The van der Waals surface area contributed by atoms with Gasteiger partial charge in [0.1, 0.15) is 30.9 Å². The highest BCUT2D eigenvalue weighted by molar-refractivity contribution is 5.95. The number of ether oxygens (including phenoxy) is 2. The number of carbonyl (C=O) groups is 4. The third-order valence-electron chi connectivity index (χ3n) is 16.9. The van der Waals surface area contributed by atoms with Gasteiger partial charge in [0.2, 0.25) is 17.7 Å². The Morgan fingerprint density at radius 3 is 2.58 bits per heavy atom. The van der Waals surface area contributed by atoms with Gasteiger partial charge in [-0.2, -0.15) is 13.2 Å². The second-order valence-corrected chi connectivity index (χ2v) is 23.0. The monoisotopic (exact) mass is 1010 g/mol. The maximum atomic E-state index is 15.1. The van der Waals surface area contributed by atoms with Gasteiger partial charge < -0.3 is 28.7 Å². The molecule has 1 aromatic carbocycles. The van der Waals surface area contributed by atoms with Crippen LogP contribution in [-0.2, 0) is 48.0 Å². The summed E-state index contributed by atoms with van der Waals surface area (Å²) in [4.78, 5) is 71.3. The van der Waals surface area contributed by atoms with Gasteiger partial charge in [-0.05, 0) is 119 Å². The Balaban J connectivity index is 0.925. The van der Waals surface area contributed by atoms with E-state index in [1.807, 2.05) is 18.7 Å². The van der Waals surface area contributed by atoms with Crippen LogP contribution in [0.1, 0.15) is 108 Å². The predicted octanol–water partition coefficient (Wildman–Crippen LogP) is 6.51. The summed E-state index contributed by atoms with van der Waals surface area (Å²) in [6.45, 7) is 7.34. The van der Waals surface area contributed by atoms with E-state index in [0.29, 0.717) is 89.1 Å². The molecule has 2 aliphatic carbocycles. The first-order valence-corrected chi connectivity index (χ1v) is 26.5. The van der Waals surface area contributed by atoms with Gasteiger partial charge in [-0.1, -0.05) is 26.7 Å². The molecule has 6 bridgehead atoms. The maximum Gasteiger partial charge on any atom is 0.406 e. The van der Waals surface area contributed by atoms with Gasteiger partial charge in [-0.25, -0.2) is 10.4 Å². The summed E-state index contributed by atoms with van der Waals surface area (Å²) in [7, 11) is 1.52. The molecule has 1 spiro atoms. The molecule has 8 heterocycles. The lowest BCUT2D eigenvalue weighted by Crippen LogP contribution is -2.62. The second-order valence-electron chi connectivity index (χ2n) is 23.0. The number of esters is 1. The number of fused-ring (bicyclic) bond motifs is 6. The number of hydrogen-bond donors (Lipinski definition) is 3. The molecule has 3 amide bonds. The summed E-state index contributed by atoms with van der Waals surface area (Å²) in [5.41, 5.74) is 5.32. The SMILES string of the molecule is CO[C@@H](C)c1ncccc1-c1c2c3cc(ccc3n1CC(F)(F)F)-c1nc(co1)C[C@H](NC(=O)[C@H](C1CCCC1)N1CC[C@]3(CCN(C(=O)[C@@H]4N[C@@H]4C4CC4)C3)C1)C(=O)N1CCC[C@H](N1)C(=O)OCC(C)(C)C2. The highest BCUT2D eigenvalue weighted by Crippen LogP contribution is 2.46. The lowest BCUT2D eigenvalue weighted by Gasteiger charge is -2.37. The van der Waals surface area contributed by atoms with Crippen LogP contribution in [0.25, 0.3) is 33.6 Å². The number of nitrogens with one attached hydrogen (secondary N) is 3. The summed E-state index contributed by atoms with van der Waals surface area (Å²) < 4.78 is 63.3. The first-order valence-electron chi connectivity index (χ1n) is 26.5. The van der Waals surface area contributed by atoms with Crippen LogP contribution in [0.15, 0.2) is 47.2 Å². The van der Waals surface area contributed by atoms with Gasteiger partial charge in [0.25, 0.3) is 5.91 Å². The predicted molar refractivity (Wildman–Crippen MR) is 263 cm³/mol. The summed E-state index contributed by atoms with van der Waals surface area (Å²) in [6, 6.07) is 6.34. The smallest absolute Gasteiger partial charge is 0.406 e. The van der Waals surface area contributed by atoms with Crippen molar-refractivity contribution in [3.63, 3.8) is 0 Å². The van der Waals surface area contributed by atoms with Crippen molar-refractivity contribution in [1.29, 1.82) is 0 Å². The van der Waals surface area contributed by atoms with E-state index in [4.69, 9.17) is 18.9 Å². The molecule has 5 aliphatic heterocycles. The minimum atomic E-state index is -4.59. The Bertz CT molecular complexity index is 2770. The highest BCUT2D eigenvalue weighted by atomic mass is 19.4. The van der Waals surface area contributed by atoms with E-state index >= 15 is 4.79 Å². The Morgan fingerprint density at radius 1 is 1.01 bits per heavy atom. The van der Waals surface area contributed by atoms with E-state index in [9.17, 15) is 27.6 Å². The maximum absolute atomic E-state index is 15.1. The lowest BCUT2D eigenvalue weighted by atomic mass is 9.84. The van der Waals surface area contributed by atoms with Crippen LogP contribution in [-0.4, -0.2) is 136 Å². The molecule has 73 heavy (non-hydrogen) atoms. The number of pyridine rings is 1. The summed E-state index contributed by atoms with van der Waals surface area (Å²) in [6.07, 6.45) is 6.93. The number of rotatable bonds is 10. The molecule has 4 aromatic rings. The number of amides is 3. The summed E-state index contributed by atoms with van der Waals surface area (Å²) in [5.74, 6) is -0.109. The van der Waals surface area contributed by atoms with Crippen molar-refractivity contribution in [1.82, 2.24) is 45.4 Å². The van der Waals surface area contributed by atoms with Crippen molar-refractivity contribution < 1.29 is 46.2 Å². The lowest BCUT2D eigenvalue weighted by molar-refractivity contribution is -0.155. The quantitative estimate of drug-likeness (QED) is 0.116. The van der Waals surface area contributed by atoms with Crippen molar-refractivity contribution in [2.24, 2.45) is 22.7 Å². The fourth-order valence-corrected chi connectivity index (χ4v) is 12.9. The number of nitrogens with zero attached hydrogens (tertiary/aromatic N) is 6. The van der Waals surface area contributed by atoms with Crippen LogP contribution < -0.4 is 16.1 Å². The normalized spacial score (nSPS) is 27.9. The number of aromatic nitrogens is 3. The number of cyclic esters (lactones) is 1. The van der Waals surface area contributed by atoms with Gasteiger partial charge in [0.05, 0.1) is 35.8 Å². The van der Waals surface area contributed by atoms with Crippen molar-refractivity contribution in [3.05, 3.63) is 59.7 Å². The van der Waals surface area contributed by atoms with E-state index < -0.39 is 54.2 Å².